The molecule has 196 valence electrons. The molecular weight excluding hydrogens is 456 g/mol. The van der Waals surface area contributed by atoms with E-state index >= 15 is 0 Å². The molecule has 0 bridgehead atoms. The summed E-state index contributed by atoms with van der Waals surface area (Å²) in [5, 5.41) is 3.81. The molecule has 4 N–H and O–H groups in total. The molecule has 8 heteroatoms. The van der Waals surface area contributed by atoms with Gasteiger partial charge in [-0.3, -0.25) is 4.79 Å². The number of carbonyl (C=O) groups excluding carboxylic acids is 2. The maximum absolute atomic E-state index is 13.0. The lowest BCUT2D eigenvalue weighted by Crippen LogP contribution is -2.43. The number of rotatable bonds is 15. The van der Waals surface area contributed by atoms with Crippen LogP contribution >= 0.6 is 0 Å². The molecule has 3 aromatic rings. The molecule has 0 fully saturated rings. The summed E-state index contributed by atoms with van der Waals surface area (Å²) in [6.45, 7) is 6.56. The zero-order chi connectivity index (χ0) is 25.9. The Balaban J connectivity index is 1.67. The highest BCUT2D eigenvalue weighted by molar-refractivity contribution is 5.95. The number of esters is 1. The Bertz CT molecular complexity index is 1110. The van der Waals surface area contributed by atoms with Crippen molar-refractivity contribution in [3.8, 4) is 0 Å². The number of H-pyrrole nitrogens is 1. The third kappa shape index (κ3) is 7.43. The van der Waals surface area contributed by atoms with Gasteiger partial charge in [-0.1, -0.05) is 77.5 Å². The van der Waals surface area contributed by atoms with E-state index in [-0.39, 0.29) is 11.6 Å². The summed E-state index contributed by atoms with van der Waals surface area (Å²) in [5.41, 5.74) is 8.18. The lowest BCUT2D eigenvalue weighted by molar-refractivity contribution is -0.146. The van der Waals surface area contributed by atoms with Gasteiger partial charge in [-0.2, -0.15) is 0 Å². The summed E-state index contributed by atoms with van der Waals surface area (Å²) < 4.78 is 11.0. The van der Waals surface area contributed by atoms with Gasteiger partial charge >= 0.3 is 5.97 Å². The second kappa shape index (κ2) is 13.8. The SMILES string of the molecule is CCCCCCCCOC(=O)C(Cc1c[nH]c2ccccc12)NC(=O)c1coc(C(N)C(C)CC)n1. The van der Waals surface area contributed by atoms with E-state index in [4.69, 9.17) is 14.9 Å². The van der Waals surface area contributed by atoms with Crippen LogP contribution in [0.1, 0.15) is 93.7 Å². The standard InChI is InChI=1S/C28H40N4O4/c1-4-6-7-8-9-12-15-35-28(34)23(16-20-17-30-22-14-11-10-13-21(20)22)31-26(33)24-18-36-27(32-24)25(29)19(3)5-2/h10-11,13-14,17-19,23,25,30H,4-9,12,15-16,29H2,1-3H3,(H,31,33). The summed E-state index contributed by atoms with van der Waals surface area (Å²) in [7, 11) is 0. The Morgan fingerprint density at radius 3 is 2.67 bits per heavy atom. The number of nitrogens with two attached hydrogens (primary N) is 1. The predicted molar refractivity (Wildman–Crippen MR) is 140 cm³/mol. The fourth-order valence-electron chi connectivity index (χ4n) is 4.14. The smallest absolute Gasteiger partial charge is 0.328 e. The summed E-state index contributed by atoms with van der Waals surface area (Å²) in [6, 6.07) is 6.59. The number of carbonyl (C=O) groups is 2. The topological polar surface area (TPSA) is 123 Å². The zero-order valence-electron chi connectivity index (χ0n) is 21.7. The molecule has 3 atom stereocenters. The number of para-hydroxylation sites is 1. The third-order valence-corrected chi connectivity index (χ3v) is 6.73. The average molecular weight is 497 g/mol. The second-order valence-electron chi connectivity index (χ2n) is 9.51. The van der Waals surface area contributed by atoms with E-state index < -0.39 is 24.0 Å². The maximum Gasteiger partial charge on any atom is 0.328 e. The molecule has 0 radical (unpaired) electrons. The molecule has 8 nitrogen and oxygen atoms in total. The van der Waals surface area contributed by atoms with Crippen LogP contribution in [0.4, 0.5) is 0 Å². The first kappa shape index (κ1) is 27.5. The van der Waals surface area contributed by atoms with E-state index in [9.17, 15) is 9.59 Å². The average Bonchev–Trinajstić information content (AvgIpc) is 3.54. The summed E-state index contributed by atoms with van der Waals surface area (Å²) in [4.78, 5) is 33.6. The molecule has 3 unspecified atom stereocenters. The molecule has 2 heterocycles. The van der Waals surface area contributed by atoms with Gasteiger partial charge in [0.05, 0.1) is 12.6 Å². The zero-order valence-corrected chi connectivity index (χ0v) is 21.7. The highest BCUT2D eigenvalue weighted by Crippen LogP contribution is 2.22. The number of aromatic amines is 1. The van der Waals surface area contributed by atoms with Crippen molar-refractivity contribution in [1.29, 1.82) is 0 Å². The number of amides is 1. The van der Waals surface area contributed by atoms with Crippen LogP contribution in [-0.4, -0.2) is 34.5 Å². The van der Waals surface area contributed by atoms with Crippen LogP contribution in [0.25, 0.3) is 10.9 Å². The summed E-state index contributed by atoms with van der Waals surface area (Å²) in [6.07, 6.45) is 10.9. The lowest BCUT2D eigenvalue weighted by Gasteiger charge is -2.17. The minimum Gasteiger partial charge on any atom is -0.464 e. The number of unbranched alkanes of at least 4 members (excludes halogenated alkanes) is 5. The first-order chi connectivity index (χ1) is 17.4. The number of benzene rings is 1. The Morgan fingerprint density at radius 2 is 1.89 bits per heavy atom. The number of aromatic nitrogens is 2. The Kier molecular flexibility index (Phi) is 10.5. The summed E-state index contributed by atoms with van der Waals surface area (Å²) >= 11 is 0. The molecule has 0 saturated heterocycles. The van der Waals surface area contributed by atoms with E-state index in [1.165, 1.54) is 25.5 Å². The number of ether oxygens (including phenoxy) is 1. The predicted octanol–water partition coefficient (Wildman–Crippen LogP) is 5.45. The summed E-state index contributed by atoms with van der Waals surface area (Å²) in [5.74, 6) is -0.482. The van der Waals surface area contributed by atoms with E-state index in [1.807, 2.05) is 44.3 Å². The highest BCUT2D eigenvalue weighted by atomic mass is 16.5. The number of nitrogens with zero attached hydrogens (tertiary/aromatic N) is 1. The molecule has 0 aliphatic rings. The fourth-order valence-corrected chi connectivity index (χ4v) is 4.14. The van der Waals surface area contributed by atoms with Crippen molar-refractivity contribution >= 4 is 22.8 Å². The largest absolute Gasteiger partial charge is 0.464 e. The molecule has 2 aromatic heterocycles. The minimum atomic E-state index is -0.861. The molecular formula is C28H40N4O4. The van der Waals surface area contributed by atoms with Crippen molar-refractivity contribution in [2.75, 3.05) is 6.61 Å². The molecule has 1 aromatic carbocycles. The van der Waals surface area contributed by atoms with Gasteiger partial charge in [-0.15, -0.1) is 0 Å². The normalized spacial score (nSPS) is 13.9. The van der Waals surface area contributed by atoms with Crippen LogP contribution in [0.15, 0.2) is 41.1 Å². The van der Waals surface area contributed by atoms with Crippen molar-refractivity contribution < 1.29 is 18.7 Å². The number of fused-ring (bicyclic) bond motifs is 1. The van der Waals surface area contributed by atoms with Gasteiger partial charge < -0.3 is 25.2 Å². The molecule has 3 rings (SSSR count). The monoisotopic (exact) mass is 496 g/mol. The third-order valence-electron chi connectivity index (χ3n) is 6.73. The Hall–Kier alpha value is -3.13. The van der Waals surface area contributed by atoms with E-state index in [0.717, 1.165) is 42.1 Å². The number of nitrogens with one attached hydrogen (secondary N) is 2. The van der Waals surface area contributed by atoms with Crippen LogP contribution < -0.4 is 11.1 Å². The fraction of sp³-hybridized carbons (Fsp3) is 0.536. The van der Waals surface area contributed by atoms with Crippen molar-refractivity contribution in [2.24, 2.45) is 11.7 Å². The van der Waals surface area contributed by atoms with Gasteiger partial charge in [0.15, 0.2) is 5.69 Å². The van der Waals surface area contributed by atoms with Crippen LogP contribution in [0.5, 0.6) is 0 Å². The van der Waals surface area contributed by atoms with E-state index in [1.54, 1.807) is 0 Å². The number of hydrogen-bond acceptors (Lipinski definition) is 6. The van der Waals surface area contributed by atoms with Crippen LogP contribution in [-0.2, 0) is 16.0 Å². The van der Waals surface area contributed by atoms with Gasteiger partial charge in [0, 0.05) is 23.5 Å². The van der Waals surface area contributed by atoms with Crippen molar-refractivity contribution in [2.45, 2.75) is 84.2 Å². The number of oxazole rings is 1. The highest BCUT2D eigenvalue weighted by Gasteiger charge is 2.27. The van der Waals surface area contributed by atoms with E-state index in [0.29, 0.717) is 18.9 Å². The second-order valence-corrected chi connectivity index (χ2v) is 9.51. The van der Waals surface area contributed by atoms with Gasteiger partial charge in [0.25, 0.3) is 5.91 Å². The van der Waals surface area contributed by atoms with Gasteiger partial charge in [-0.25, -0.2) is 9.78 Å². The molecule has 36 heavy (non-hydrogen) atoms. The molecule has 0 aliphatic carbocycles. The molecule has 0 aliphatic heterocycles. The van der Waals surface area contributed by atoms with Gasteiger partial charge in [0.1, 0.15) is 12.3 Å². The van der Waals surface area contributed by atoms with Gasteiger partial charge in [-0.05, 0) is 24.0 Å². The quantitative estimate of drug-likeness (QED) is 0.190. The van der Waals surface area contributed by atoms with Crippen molar-refractivity contribution in [3.05, 3.63) is 53.9 Å². The first-order valence-electron chi connectivity index (χ1n) is 13.2. The molecule has 1 amide bonds. The number of hydrogen-bond donors (Lipinski definition) is 3. The lowest BCUT2D eigenvalue weighted by atomic mass is 10.0. The van der Waals surface area contributed by atoms with Crippen LogP contribution in [0.3, 0.4) is 0 Å². The van der Waals surface area contributed by atoms with E-state index in [2.05, 4.69) is 22.2 Å². The Morgan fingerprint density at radius 1 is 1.14 bits per heavy atom. The molecule has 0 spiro atoms. The van der Waals surface area contributed by atoms with Gasteiger partial charge in [0.2, 0.25) is 5.89 Å². The van der Waals surface area contributed by atoms with Crippen LogP contribution in [0, 0.1) is 5.92 Å². The maximum atomic E-state index is 13.0. The van der Waals surface area contributed by atoms with Crippen LogP contribution in [0.2, 0.25) is 0 Å². The first-order valence-corrected chi connectivity index (χ1v) is 13.2. The van der Waals surface area contributed by atoms with Crippen molar-refractivity contribution in [1.82, 2.24) is 15.3 Å². The molecule has 0 saturated carbocycles. The minimum absolute atomic E-state index is 0.0939. The van der Waals surface area contributed by atoms with Crippen molar-refractivity contribution in [3.63, 3.8) is 0 Å². The Labute approximate surface area is 213 Å².